The molecule has 5 nitrogen and oxygen atoms in total. The molecule has 0 aromatic heterocycles. The van der Waals surface area contributed by atoms with Crippen LogP contribution >= 0.6 is 0 Å². The molecule has 0 radical (unpaired) electrons. The molecule has 24 heavy (non-hydrogen) atoms. The number of piperidine rings is 1. The van der Waals surface area contributed by atoms with Gasteiger partial charge in [-0.1, -0.05) is 26.0 Å². The quantitative estimate of drug-likeness (QED) is 0.751. The predicted octanol–water partition coefficient (Wildman–Crippen LogP) is 2.55. The third-order valence-electron chi connectivity index (χ3n) is 4.82. The van der Waals surface area contributed by atoms with Crippen molar-refractivity contribution in [1.82, 2.24) is 9.80 Å². The summed E-state index contributed by atoms with van der Waals surface area (Å²) in [6, 6.07) is 7.89. The van der Waals surface area contributed by atoms with E-state index in [1.54, 1.807) is 0 Å². The van der Waals surface area contributed by atoms with Crippen LogP contribution in [0.5, 0.6) is 0 Å². The second-order valence-corrected chi connectivity index (χ2v) is 6.25. The van der Waals surface area contributed by atoms with Crippen molar-refractivity contribution in [2.24, 2.45) is 5.92 Å². The van der Waals surface area contributed by atoms with Crippen LogP contribution in [-0.2, 0) is 16.1 Å². The first-order valence-corrected chi connectivity index (χ1v) is 8.77. The Balaban J connectivity index is 1.92. The molecular weight excluding hydrogens is 304 g/mol. The van der Waals surface area contributed by atoms with Gasteiger partial charge >= 0.3 is 5.97 Å². The minimum atomic E-state index is -0.164. The average molecular weight is 332 g/mol. The van der Waals surface area contributed by atoms with Gasteiger partial charge in [0.1, 0.15) is 0 Å². The van der Waals surface area contributed by atoms with E-state index >= 15 is 0 Å². The van der Waals surface area contributed by atoms with E-state index in [1.165, 1.54) is 12.7 Å². The summed E-state index contributed by atoms with van der Waals surface area (Å²) < 4.78 is 4.79. The lowest BCUT2D eigenvalue weighted by atomic mass is 9.96. The Morgan fingerprint density at radius 2 is 1.71 bits per heavy atom. The third kappa shape index (κ3) is 4.57. The fourth-order valence-electron chi connectivity index (χ4n) is 3.13. The van der Waals surface area contributed by atoms with Crippen LogP contribution in [0.2, 0.25) is 0 Å². The zero-order valence-electron chi connectivity index (χ0n) is 15.0. The number of esters is 1. The Bertz CT molecular complexity index is 544. The molecule has 1 fully saturated rings. The highest BCUT2D eigenvalue weighted by atomic mass is 16.5. The molecule has 1 heterocycles. The van der Waals surface area contributed by atoms with E-state index in [0.29, 0.717) is 25.9 Å². The highest BCUT2D eigenvalue weighted by Crippen LogP contribution is 2.20. The molecule has 1 aliphatic heterocycles. The van der Waals surface area contributed by atoms with Gasteiger partial charge in [0.25, 0.3) is 5.91 Å². The van der Waals surface area contributed by atoms with Crippen molar-refractivity contribution in [3.05, 3.63) is 35.4 Å². The van der Waals surface area contributed by atoms with Gasteiger partial charge in [-0.2, -0.15) is 0 Å². The van der Waals surface area contributed by atoms with Crippen LogP contribution in [0.15, 0.2) is 24.3 Å². The van der Waals surface area contributed by atoms with Crippen molar-refractivity contribution in [2.45, 2.75) is 33.2 Å². The van der Waals surface area contributed by atoms with Crippen LogP contribution in [0.4, 0.5) is 0 Å². The number of amides is 1. The van der Waals surface area contributed by atoms with Gasteiger partial charge in [-0.05, 0) is 43.6 Å². The van der Waals surface area contributed by atoms with Crippen molar-refractivity contribution in [3.63, 3.8) is 0 Å². The average Bonchev–Trinajstić information content (AvgIpc) is 2.65. The smallest absolute Gasteiger partial charge is 0.308 e. The van der Waals surface area contributed by atoms with Crippen LogP contribution in [0.25, 0.3) is 0 Å². The number of nitrogens with zero attached hydrogens (tertiary/aromatic N) is 2. The van der Waals surface area contributed by atoms with Gasteiger partial charge in [-0.3, -0.25) is 14.5 Å². The molecule has 132 valence electrons. The molecule has 1 aromatic carbocycles. The normalized spacial score (nSPS) is 15.6. The van der Waals surface area contributed by atoms with Gasteiger partial charge in [-0.25, -0.2) is 0 Å². The second-order valence-electron chi connectivity index (χ2n) is 6.25. The molecule has 0 N–H and O–H groups in total. The summed E-state index contributed by atoms with van der Waals surface area (Å²) >= 11 is 0. The minimum absolute atomic E-state index is 0.0488. The molecule has 0 spiro atoms. The lowest BCUT2D eigenvalue weighted by Gasteiger charge is -2.30. The van der Waals surface area contributed by atoms with Crippen LogP contribution in [0.1, 0.15) is 42.6 Å². The largest absolute Gasteiger partial charge is 0.469 e. The number of hydrogen-bond donors (Lipinski definition) is 0. The Labute approximate surface area is 144 Å². The van der Waals surface area contributed by atoms with Crippen LogP contribution in [-0.4, -0.2) is 55.0 Å². The molecule has 0 aliphatic carbocycles. The molecule has 0 unspecified atom stereocenters. The molecular formula is C19H28N2O3. The van der Waals surface area contributed by atoms with E-state index in [9.17, 15) is 9.59 Å². The summed E-state index contributed by atoms with van der Waals surface area (Å²) in [5.41, 5.74) is 1.94. The van der Waals surface area contributed by atoms with Crippen LogP contribution in [0, 0.1) is 5.92 Å². The van der Waals surface area contributed by atoms with Crippen LogP contribution in [0.3, 0.4) is 0 Å². The third-order valence-corrected chi connectivity index (χ3v) is 4.82. The summed E-state index contributed by atoms with van der Waals surface area (Å²) in [6.45, 7) is 8.48. The maximum atomic E-state index is 12.6. The van der Waals surface area contributed by atoms with E-state index < -0.39 is 0 Å². The summed E-state index contributed by atoms with van der Waals surface area (Å²) in [5.74, 6) is -0.189. The van der Waals surface area contributed by atoms with Crippen molar-refractivity contribution < 1.29 is 14.3 Å². The number of benzene rings is 1. The Hall–Kier alpha value is -1.88. The zero-order chi connectivity index (χ0) is 17.5. The van der Waals surface area contributed by atoms with Gasteiger partial charge in [0, 0.05) is 25.2 Å². The standard InChI is InChI=1S/C19H28N2O3/c1-4-20(5-2)14-15-6-8-16(9-7-15)18(22)21-12-10-17(11-13-21)19(23)24-3/h6-9,17H,4-5,10-14H2,1-3H3. The molecule has 1 amide bonds. The van der Waals surface area contributed by atoms with E-state index in [1.807, 2.05) is 29.2 Å². The first kappa shape index (κ1) is 18.5. The van der Waals surface area contributed by atoms with Crippen molar-refractivity contribution in [3.8, 4) is 0 Å². The lowest BCUT2D eigenvalue weighted by Crippen LogP contribution is -2.40. The minimum Gasteiger partial charge on any atom is -0.469 e. The molecule has 0 saturated carbocycles. The number of methoxy groups -OCH3 is 1. The number of carbonyl (C=O) groups excluding carboxylic acids is 2. The first-order chi connectivity index (χ1) is 11.6. The van der Waals surface area contributed by atoms with E-state index in [0.717, 1.165) is 25.2 Å². The molecule has 1 aliphatic rings. The van der Waals surface area contributed by atoms with Gasteiger partial charge in [0.2, 0.25) is 0 Å². The number of ether oxygens (including phenoxy) is 1. The zero-order valence-corrected chi connectivity index (χ0v) is 15.0. The summed E-state index contributed by atoms with van der Waals surface area (Å²) in [5, 5.41) is 0. The molecule has 1 aromatic rings. The van der Waals surface area contributed by atoms with E-state index in [2.05, 4.69) is 18.7 Å². The molecule has 0 atom stereocenters. The van der Waals surface area contributed by atoms with E-state index in [-0.39, 0.29) is 17.8 Å². The summed E-state index contributed by atoms with van der Waals surface area (Å²) in [7, 11) is 1.42. The second kappa shape index (κ2) is 8.83. The molecule has 2 rings (SSSR count). The van der Waals surface area contributed by atoms with Gasteiger partial charge < -0.3 is 9.64 Å². The highest BCUT2D eigenvalue weighted by Gasteiger charge is 2.28. The van der Waals surface area contributed by atoms with Crippen LogP contribution < -0.4 is 0 Å². The van der Waals surface area contributed by atoms with Gasteiger partial charge in [0.15, 0.2) is 0 Å². The fraction of sp³-hybridized carbons (Fsp3) is 0.579. The maximum absolute atomic E-state index is 12.6. The Morgan fingerprint density at radius 3 is 2.21 bits per heavy atom. The van der Waals surface area contributed by atoms with Crippen molar-refractivity contribution >= 4 is 11.9 Å². The summed E-state index contributed by atoms with van der Waals surface area (Å²) in [4.78, 5) is 28.3. The first-order valence-electron chi connectivity index (χ1n) is 8.77. The van der Waals surface area contributed by atoms with E-state index in [4.69, 9.17) is 4.74 Å². The highest BCUT2D eigenvalue weighted by molar-refractivity contribution is 5.94. The lowest BCUT2D eigenvalue weighted by molar-refractivity contribution is -0.146. The fourth-order valence-corrected chi connectivity index (χ4v) is 3.13. The van der Waals surface area contributed by atoms with Gasteiger partial charge in [0.05, 0.1) is 13.0 Å². The Morgan fingerprint density at radius 1 is 1.12 bits per heavy atom. The number of carbonyl (C=O) groups is 2. The number of likely N-dealkylation sites (tertiary alicyclic amines) is 1. The summed E-state index contributed by atoms with van der Waals surface area (Å²) in [6.07, 6.45) is 1.36. The SMILES string of the molecule is CCN(CC)Cc1ccc(C(=O)N2CCC(C(=O)OC)CC2)cc1. The maximum Gasteiger partial charge on any atom is 0.308 e. The molecule has 0 bridgehead atoms. The van der Waals surface area contributed by atoms with Crippen molar-refractivity contribution in [1.29, 1.82) is 0 Å². The number of hydrogen-bond acceptors (Lipinski definition) is 4. The topological polar surface area (TPSA) is 49.9 Å². The molecule has 1 saturated heterocycles. The Kier molecular flexibility index (Phi) is 6.79. The molecule has 5 heteroatoms. The van der Waals surface area contributed by atoms with Gasteiger partial charge in [-0.15, -0.1) is 0 Å². The van der Waals surface area contributed by atoms with Crippen molar-refractivity contribution in [2.75, 3.05) is 33.3 Å². The monoisotopic (exact) mass is 332 g/mol. The number of rotatable bonds is 6. The predicted molar refractivity (Wildman–Crippen MR) is 93.7 cm³/mol.